The van der Waals surface area contributed by atoms with Crippen LogP contribution in [0.15, 0.2) is 48.5 Å². The maximum Gasteiger partial charge on any atom is 0.311 e. The van der Waals surface area contributed by atoms with Gasteiger partial charge < -0.3 is 4.74 Å². The fraction of sp³-hybridized carbons (Fsp3) is 0.333. The lowest BCUT2D eigenvalue weighted by Gasteiger charge is -2.09. The summed E-state index contributed by atoms with van der Waals surface area (Å²) in [5.74, 6) is 0.898. The second-order valence-corrected chi connectivity index (χ2v) is 5.77. The molecule has 4 nitrogen and oxygen atoms in total. The van der Waals surface area contributed by atoms with Crippen LogP contribution in [-0.4, -0.2) is 4.92 Å². The third kappa shape index (κ3) is 4.58. The average Bonchev–Trinajstić information content (AvgIpc) is 2.52. The van der Waals surface area contributed by atoms with Gasteiger partial charge in [-0.2, -0.15) is 0 Å². The monoisotopic (exact) mass is 299 g/mol. The van der Waals surface area contributed by atoms with Crippen molar-refractivity contribution in [1.29, 1.82) is 0 Å². The molecule has 0 aliphatic carbocycles. The zero-order chi connectivity index (χ0) is 15.9. The molecule has 2 rings (SSSR count). The van der Waals surface area contributed by atoms with Crippen LogP contribution in [-0.2, 0) is 13.0 Å². The van der Waals surface area contributed by atoms with Gasteiger partial charge in [0.05, 0.1) is 4.92 Å². The molecule has 0 radical (unpaired) electrons. The van der Waals surface area contributed by atoms with Crippen molar-refractivity contribution in [1.82, 2.24) is 0 Å². The third-order valence-electron chi connectivity index (χ3n) is 3.47. The van der Waals surface area contributed by atoms with Gasteiger partial charge in [0.2, 0.25) is 0 Å². The molecule has 22 heavy (non-hydrogen) atoms. The molecule has 0 bridgehead atoms. The van der Waals surface area contributed by atoms with Crippen LogP contribution in [0.1, 0.15) is 31.4 Å². The van der Waals surface area contributed by atoms with Crippen LogP contribution in [0.3, 0.4) is 0 Å². The molecule has 0 amide bonds. The summed E-state index contributed by atoms with van der Waals surface area (Å²) in [6.07, 6.45) is 1.86. The van der Waals surface area contributed by atoms with Gasteiger partial charge in [-0.05, 0) is 36.0 Å². The van der Waals surface area contributed by atoms with Crippen LogP contribution in [0.2, 0.25) is 0 Å². The molecule has 0 atom stereocenters. The summed E-state index contributed by atoms with van der Waals surface area (Å²) in [6.45, 7) is 4.62. The second kappa shape index (κ2) is 7.59. The minimum absolute atomic E-state index is 0.0391. The Morgan fingerprint density at radius 2 is 1.82 bits per heavy atom. The zero-order valence-electron chi connectivity index (χ0n) is 13.0. The molecular weight excluding hydrogens is 278 g/mol. The molecule has 0 aliphatic heterocycles. The first-order chi connectivity index (χ1) is 10.6. The molecule has 0 heterocycles. The van der Waals surface area contributed by atoms with Crippen molar-refractivity contribution in [2.24, 2.45) is 5.92 Å². The molecule has 0 spiro atoms. The molecule has 0 saturated heterocycles. The van der Waals surface area contributed by atoms with Gasteiger partial charge in [0.15, 0.2) is 5.75 Å². The Hall–Kier alpha value is -2.36. The summed E-state index contributed by atoms with van der Waals surface area (Å²) in [6, 6.07) is 14.9. The van der Waals surface area contributed by atoms with Gasteiger partial charge >= 0.3 is 5.69 Å². The fourth-order valence-electron chi connectivity index (χ4n) is 2.17. The Morgan fingerprint density at radius 1 is 1.09 bits per heavy atom. The van der Waals surface area contributed by atoms with E-state index >= 15 is 0 Å². The van der Waals surface area contributed by atoms with Gasteiger partial charge in [0, 0.05) is 6.07 Å². The van der Waals surface area contributed by atoms with Gasteiger partial charge in [-0.25, -0.2) is 0 Å². The SMILES string of the molecule is CC(C)CCc1ccc(OCc2ccccc2)c([N+](=O)[O-])c1. The largest absolute Gasteiger partial charge is 0.482 e. The van der Waals surface area contributed by atoms with E-state index in [0.29, 0.717) is 18.3 Å². The molecule has 0 saturated carbocycles. The van der Waals surface area contributed by atoms with Crippen molar-refractivity contribution in [2.45, 2.75) is 33.3 Å². The highest BCUT2D eigenvalue weighted by atomic mass is 16.6. The van der Waals surface area contributed by atoms with Gasteiger partial charge in [-0.15, -0.1) is 0 Å². The number of nitro benzene ring substituents is 1. The highest BCUT2D eigenvalue weighted by Gasteiger charge is 2.16. The topological polar surface area (TPSA) is 52.4 Å². The fourth-order valence-corrected chi connectivity index (χ4v) is 2.17. The summed E-state index contributed by atoms with van der Waals surface area (Å²) in [5, 5.41) is 11.2. The Morgan fingerprint density at radius 3 is 2.45 bits per heavy atom. The van der Waals surface area contributed by atoms with Crippen LogP contribution >= 0.6 is 0 Å². The number of benzene rings is 2. The van der Waals surface area contributed by atoms with E-state index in [1.807, 2.05) is 36.4 Å². The average molecular weight is 299 g/mol. The van der Waals surface area contributed by atoms with Gasteiger partial charge in [-0.3, -0.25) is 10.1 Å². The molecule has 0 fully saturated rings. The maximum atomic E-state index is 11.2. The number of hydrogen-bond acceptors (Lipinski definition) is 3. The van der Waals surface area contributed by atoms with Gasteiger partial charge in [0.25, 0.3) is 0 Å². The number of aryl methyl sites for hydroxylation is 1. The number of nitro groups is 1. The van der Waals surface area contributed by atoms with E-state index in [0.717, 1.165) is 24.0 Å². The lowest BCUT2D eigenvalue weighted by Crippen LogP contribution is -2.00. The van der Waals surface area contributed by atoms with E-state index in [-0.39, 0.29) is 10.6 Å². The smallest absolute Gasteiger partial charge is 0.311 e. The standard InChI is InChI=1S/C18H21NO3/c1-14(2)8-9-15-10-11-18(17(12-15)19(20)21)22-13-16-6-4-3-5-7-16/h3-7,10-12,14H,8-9,13H2,1-2H3. The Labute approximate surface area is 130 Å². The first kappa shape index (κ1) is 16.0. The quantitative estimate of drug-likeness (QED) is 0.547. The molecule has 0 aliphatic rings. The van der Waals surface area contributed by atoms with Crippen LogP contribution in [0.25, 0.3) is 0 Å². The minimum Gasteiger partial charge on any atom is -0.482 e. The van der Waals surface area contributed by atoms with E-state index in [1.54, 1.807) is 12.1 Å². The Bertz CT molecular complexity index is 623. The van der Waals surface area contributed by atoms with Crippen molar-refractivity contribution in [2.75, 3.05) is 0 Å². The second-order valence-electron chi connectivity index (χ2n) is 5.77. The highest BCUT2D eigenvalue weighted by molar-refractivity contribution is 5.48. The Balaban J connectivity index is 2.11. The first-order valence-corrected chi connectivity index (χ1v) is 7.50. The number of hydrogen-bond donors (Lipinski definition) is 0. The molecule has 0 aromatic heterocycles. The van der Waals surface area contributed by atoms with Crippen LogP contribution in [0.5, 0.6) is 5.75 Å². The Kier molecular flexibility index (Phi) is 5.53. The third-order valence-corrected chi connectivity index (χ3v) is 3.47. The molecule has 0 unspecified atom stereocenters. The van der Waals surface area contributed by atoms with Crippen molar-refractivity contribution in [3.8, 4) is 5.75 Å². The van der Waals surface area contributed by atoms with Crippen molar-refractivity contribution < 1.29 is 9.66 Å². The van der Waals surface area contributed by atoms with Gasteiger partial charge in [-0.1, -0.05) is 50.2 Å². The van der Waals surface area contributed by atoms with E-state index < -0.39 is 0 Å². The van der Waals surface area contributed by atoms with Gasteiger partial charge in [0.1, 0.15) is 6.61 Å². The summed E-state index contributed by atoms with van der Waals surface area (Å²) < 4.78 is 5.62. The number of nitrogens with zero attached hydrogens (tertiary/aromatic N) is 1. The molecular formula is C18H21NO3. The van der Waals surface area contributed by atoms with Crippen molar-refractivity contribution in [3.63, 3.8) is 0 Å². The van der Waals surface area contributed by atoms with E-state index in [1.165, 1.54) is 0 Å². The number of rotatable bonds is 7. The molecule has 116 valence electrons. The van der Waals surface area contributed by atoms with Crippen LogP contribution in [0.4, 0.5) is 5.69 Å². The van der Waals surface area contributed by atoms with E-state index in [4.69, 9.17) is 4.74 Å². The van der Waals surface area contributed by atoms with Crippen molar-refractivity contribution in [3.05, 3.63) is 69.8 Å². The summed E-state index contributed by atoms with van der Waals surface area (Å²) in [7, 11) is 0. The molecule has 2 aromatic carbocycles. The maximum absolute atomic E-state index is 11.2. The molecule has 2 aromatic rings. The molecule has 4 heteroatoms. The highest BCUT2D eigenvalue weighted by Crippen LogP contribution is 2.29. The summed E-state index contributed by atoms with van der Waals surface area (Å²) in [5.41, 5.74) is 2.00. The van der Waals surface area contributed by atoms with Crippen LogP contribution in [0, 0.1) is 16.0 Å². The van der Waals surface area contributed by atoms with Crippen LogP contribution < -0.4 is 4.74 Å². The first-order valence-electron chi connectivity index (χ1n) is 7.50. The predicted octanol–water partition coefficient (Wildman–Crippen LogP) is 4.76. The predicted molar refractivity (Wildman–Crippen MR) is 87.0 cm³/mol. The summed E-state index contributed by atoms with van der Waals surface area (Å²) in [4.78, 5) is 10.9. The minimum atomic E-state index is -0.376. The number of ether oxygens (including phenoxy) is 1. The lowest BCUT2D eigenvalue weighted by atomic mass is 10.0. The van der Waals surface area contributed by atoms with Crippen molar-refractivity contribution >= 4 is 5.69 Å². The van der Waals surface area contributed by atoms with E-state index in [9.17, 15) is 10.1 Å². The van der Waals surface area contributed by atoms with E-state index in [2.05, 4.69) is 13.8 Å². The zero-order valence-corrected chi connectivity index (χ0v) is 13.0. The molecule has 0 N–H and O–H groups in total. The normalized spacial score (nSPS) is 10.7. The lowest BCUT2D eigenvalue weighted by molar-refractivity contribution is -0.386. The summed E-state index contributed by atoms with van der Waals surface area (Å²) >= 11 is 0.